The van der Waals surface area contributed by atoms with Crippen molar-refractivity contribution in [2.75, 3.05) is 6.61 Å². The molecular formula is C31H26Cl3NO5. The first-order valence-corrected chi connectivity index (χ1v) is 14.3. The maximum absolute atomic E-state index is 11.7. The van der Waals surface area contributed by atoms with Gasteiger partial charge in [-0.15, -0.1) is 0 Å². The van der Waals surface area contributed by atoms with E-state index < -0.39 is 5.97 Å². The van der Waals surface area contributed by atoms with Gasteiger partial charge in [-0.1, -0.05) is 58.2 Å². The summed E-state index contributed by atoms with van der Waals surface area (Å²) >= 11 is 20.1. The van der Waals surface area contributed by atoms with Crippen LogP contribution in [0.3, 0.4) is 0 Å². The van der Waals surface area contributed by atoms with Crippen molar-refractivity contribution in [2.24, 2.45) is 0 Å². The first kappa shape index (κ1) is 27.0. The molecule has 0 saturated heterocycles. The second-order valence-corrected chi connectivity index (χ2v) is 11.5. The molecule has 1 saturated carbocycles. The van der Waals surface area contributed by atoms with Crippen molar-refractivity contribution in [3.05, 3.63) is 96.7 Å². The predicted octanol–water partition coefficient (Wildman–Crippen LogP) is 8.48. The molecule has 206 valence electrons. The van der Waals surface area contributed by atoms with Crippen LogP contribution in [-0.2, 0) is 25.9 Å². The van der Waals surface area contributed by atoms with Crippen LogP contribution in [0, 0.1) is 6.92 Å². The van der Waals surface area contributed by atoms with Crippen LogP contribution in [0.4, 0.5) is 0 Å². The molecule has 0 bridgehead atoms. The van der Waals surface area contributed by atoms with Crippen molar-refractivity contribution in [1.29, 1.82) is 0 Å². The Morgan fingerprint density at radius 3 is 2.65 bits per heavy atom. The lowest BCUT2D eigenvalue weighted by Crippen LogP contribution is -2.03. The number of benzene rings is 3. The summed E-state index contributed by atoms with van der Waals surface area (Å²) in [6.45, 7) is 2.68. The molecule has 0 amide bonds. The minimum atomic E-state index is -0.981. The van der Waals surface area contributed by atoms with Crippen LogP contribution >= 0.6 is 34.8 Å². The SMILES string of the molecule is Cc1cc(C2CC2)c(Cl)c(-c2nocc2COc2ccc(CCc3cc4c(c(C(=O)O)c3)OCC4)c(Cl)c2)c1Cl. The molecule has 0 radical (unpaired) electrons. The van der Waals surface area contributed by atoms with Crippen LogP contribution in [-0.4, -0.2) is 22.8 Å². The van der Waals surface area contributed by atoms with Crippen molar-refractivity contribution in [2.45, 2.75) is 51.6 Å². The monoisotopic (exact) mass is 597 g/mol. The second-order valence-electron chi connectivity index (χ2n) is 10.3. The van der Waals surface area contributed by atoms with Gasteiger partial charge in [-0.3, -0.25) is 0 Å². The molecular weight excluding hydrogens is 573 g/mol. The van der Waals surface area contributed by atoms with Crippen molar-refractivity contribution < 1.29 is 23.9 Å². The van der Waals surface area contributed by atoms with E-state index >= 15 is 0 Å². The van der Waals surface area contributed by atoms with Gasteiger partial charge in [0.2, 0.25) is 0 Å². The number of aromatic carboxylic acids is 1. The molecule has 1 aromatic heterocycles. The van der Waals surface area contributed by atoms with E-state index in [1.165, 1.54) is 0 Å². The molecule has 0 atom stereocenters. The van der Waals surface area contributed by atoms with Gasteiger partial charge in [-0.05, 0) is 84.5 Å². The highest BCUT2D eigenvalue weighted by Crippen LogP contribution is 2.49. The van der Waals surface area contributed by atoms with Crippen LogP contribution in [0.1, 0.15) is 62.5 Å². The van der Waals surface area contributed by atoms with E-state index in [4.69, 9.17) is 48.8 Å². The van der Waals surface area contributed by atoms with Gasteiger partial charge < -0.3 is 19.1 Å². The number of halogens is 3. The van der Waals surface area contributed by atoms with Crippen LogP contribution in [0.25, 0.3) is 11.3 Å². The summed E-state index contributed by atoms with van der Waals surface area (Å²) in [5, 5.41) is 15.5. The lowest BCUT2D eigenvalue weighted by molar-refractivity contribution is 0.0693. The maximum Gasteiger partial charge on any atom is 0.339 e. The summed E-state index contributed by atoms with van der Waals surface area (Å²) in [4.78, 5) is 11.7. The van der Waals surface area contributed by atoms with Gasteiger partial charge >= 0.3 is 5.97 Å². The largest absolute Gasteiger partial charge is 0.492 e. The zero-order chi connectivity index (χ0) is 28.0. The summed E-state index contributed by atoms with van der Waals surface area (Å²) in [5.74, 6) is 0.571. The van der Waals surface area contributed by atoms with Crippen LogP contribution in [0.5, 0.6) is 11.5 Å². The number of carboxylic acid groups (broad SMARTS) is 1. The predicted molar refractivity (Wildman–Crippen MR) is 154 cm³/mol. The van der Waals surface area contributed by atoms with Gasteiger partial charge in [0.25, 0.3) is 0 Å². The number of fused-ring (bicyclic) bond motifs is 1. The van der Waals surface area contributed by atoms with Gasteiger partial charge in [0, 0.05) is 17.0 Å². The number of aryl methyl sites for hydroxylation is 3. The smallest absolute Gasteiger partial charge is 0.339 e. The van der Waals surface area contributed by atoms with Gasteiger partial charge in [0.1, 0.15) is 35.6 Å². The lowest BCUT2D eigenvalue weighted by Gasteiger charge is -2.14. The van der Waals surface area contributed by atoms with E-state index in [-0.39, 0.29) is 12.2 Å². The van der Waals surface area contributed by atoms with E-state index in [1.807, 2.05) is 25.1 Å². The molecule has 1 aliphatic carbocycles. The Morgan fingerprint density at radius 2 is 1.90 bits per heavy atom. The molecule has 9 heteroatoms. The molecule has 6 nitrogen and oxygen atoms in total. The van der Waals surface area contributed by atoms with E-state index in [9.17, 15) is 9.90 Å². The highest BCUT2D eigenvalue weighted by Gasteiger charge is 2.30. The molecule has 1 N–H and O–H groups in total. The average molecular weight is 599 g/mol. The number of aromatic nitrogens is 1. The van der Waals surface area contributed by atoms with E-state index in [2.05, 4.69) is 11.2 Å². The van der Waals surface area contributed by atoms with Crippen molar-refractivity contribution in [3.63, 3.8) is 0 Å². The van der Waals surface area contributed by atoms with E-state index in [1.54, 1.807) is 18.4 Å². The Balaban J connectivity index is 1.15. The summed E-state index contributed by atoms with van der Waals surface area (Å²) in [5.41, 5.74) is 7.07. The first-order chi connectivity index (χ1) is 19.3. The fourth-order valence-electron chi connectivity index (χ4n) is 5.20. The molecule has 6 rings (SSSR count). The summed E-state index contributed by atoms with van der Waals surface area (Å²) < 4.78 is 16.9. The van der Waals surface area contributed by atoms with Crippen LogP contribution in [0.15, 0.2) is 47.2 Å². The van der Waals surface area contributed by atoms with Gasteiger partial charge in [-0.2, -0.15) is 0 Å². The third-order valence-electron chi connectivity index (χ3n) is 7.48. The number of hydrogen-bond acceptors (Lipinski definition) is 5. The van der Waals surface area contributed by atoms with Crippen LogP contribution < -0.4 is 9.47 Å². The molecule has 40 heavy (non-hydrogen) atoms. The Kier molecular flexibility index (Phi) is 7.43. The Bertz CT molecular complexity index is 1630. The highest BCUT2D eigenvalue weighted by atomic mass is 35.5. The molecule has 1 aliphatic heterocycles. The lowest BCUT2D eigenvalue weighted by atomic mass is 9.98. The number of nitrogens with zero attached hydrogens (tertiary/aromatic N) is 1. The zero-order valence-corrected chi connectivity index (χ0v) is 24.0. The van der Waals surface area contributed by atoms with Gasteiger partial charge in [-0.25, -0.2) is 4.79 Å². The molecule has 4 aromatic rings. The highest BCUT2D eigenvalue weighted by molar-refractivity contribution is 6.40. The number of ether oxygens (including phenoxy) is 2. The average Bonchev–Trinajstić information content (AvgIpc) is 3.48. The number of rotatable bonds is 9. The maximum atomic E-state index is 11.7. The number of carbonyl (C=O) groups is 1. The zero-order valence-electron chi connectivity index (χ0n) is 21.7. The Hall–Kier alpha value is -3.19. The molecule has 0 unspecified atom stereocenters. The Morgan fingerprint density at radius 1 is 1.07 bits per heavy atom. The van der Waals surface area contributed by atoms with Crippen molar-refractivity contribution in [1.82, 2.24) is 5.16 Å². The molecule has 0 spiro atoms. The molecule has 2 heterocycles. The quantitative estimate of drug-likeness (QED) is 0.208. The number of hydrogen-bond donors (Lipinski definition) is 1. The molecule has 1 fully saturated rings. The Labute approximate surface area is 246 Å². The summed E-state index contributed by atoms with van der Waals surface area (Å²) in [6, 6.07) is 11.4. The molecule has 3 aromatic carbocycles. The third kappa shape index (κ3) is 5.28. The van der Waals surface area contributed by atoms with Crippen LogP contribution in [0.2, 0.25) is 15.1 Å². The standard InChI is InChI=1S/C31H26Cl3NO5/c1-16-10-23(18-4-5-18)28(34)26(27(16)33)29-21(15-40-35-29)14-39-22-7-6-19(25(32)13-22)3-2-17-11-20-8-9-38-30(20)24(12-17)31(36)37/h6-7,10-13,15,18H,2-5,8-9,14H2,1H3,(H,36,37). The van der Waals surface area contributed by atoms with Gasteiger partial charge in [0.05, 0.1) is 22.2 Å². The van der Waals surface area contributed by atoms with E-state index in [0.29, 0.717) is 69.6 Å². The first-order valence-electron chi connectivity index (χ1n) is 13.2. The minimum absolute atomic E-state index is 0.197. The van der Waals surface area contributed by atoms with Crippen molar-refractivity contribution >= 4 is 40.8 Å². The van der Waals surface area contributed by atoms with Crippen molar-refractivity contribution in [3.8, 4) is 22.8 Å². The topological polar surface area (TPSA) is 81.8 Å². The fraction of sp³-hybridized carbons (Fsp3) is 0.290. The molecule has 2 aliphatic rings. The van der Waals surface area contributed by atoms with Gasteiger partial charge in [0.15, 0.2) is 0 Å². The fourth-order valence-corrected chi connectivity index (χ4v) is 6.15. The summed E-state index contributed by atoms with van der Waals surface area (Å²) in [7, 11) is 0. The number of carboxylic acids is 1. The minimum Gasteiger partial charge on any atom is -0.492 e. The second kappa shape index (κ2) is 11.0. The third-order valence-corrected chi connectivity index (χ3v) is 8.73. The van der Waals surface area contributed by atoms with E-state index in [0.717, 1.165) is 46.2 Å². The normalized spacial score (nSPS) is 14.2. The summed E-state index contributed by atoms with van der Waals surface area (Å²) in [6.07, 6.45) is 5.81.